The van der Waals surface area contributed by atoms with E-state index in [1.54, 1.807) is 36.4 Å². The van der Waals surface area contributed by atoms with Crippen LogP contribution in [0.15, 0.2) is 77.7 Å². The minimum Gasteiger partial charge on any atom is -0.337 e. The number of anilines is 3. The number of alkyl halides is 3. The van der Waals surface area contributed by atoms with E-state index in [0.717, 1.165) is 17.6 Å². The molecular weight excluding hydrogens is 440 g/mol. The van der Waals surface area contributed by atoms with Crippen LogP contribution in [0.4, 0.5) is 30.5 Å². The molecule has 0 bridgehead atoms. The monoisotopic (exact) mass is 456 g/mol. The van der Waals surface area contributed by atoms with Crippen molar-refractivity contribution in [2.45, 2.75) is 11.1 Å². The fourth-order valence-electron chi connectivity index (χ4n) is 2.97. The summed E-state index contributed by atoms with van der Waals surface area (Å²) in [6, 6.07) is 17.5. The van der Waals surface area contributed by atoms with Gasteiger partial charge in [0.15, 0.2) is 11.6 Å². The molecule has 162 valence electrons. The van der Waals surface area contributed by atoms with Crippen LogP contribution < -0.4 is 15.5 Å². The lowest BCUT2D eigenvalue weighted by Crippen LogP contribution is -2.17. The van der Waals surface area contributed by atoms with Crippen LogP contribution in [-0.2, 0) is 16.2 Å². The van der Waals surface area contributed by atoms with Gasteiger partial charge in [-0.05, 0) is 42.5 Å². The highest BCUT2D eigenvalue weighted by molar-refractivity contribution is 7.92. The molecule has 0 saturated carbocycles. The number of aromatic nitrogens is 2. The van der Waals surface area contributed by atoms with E-state index in [2.05, 4.69) is 20.0 Å². The molecule has 0 fully saturated rings. The summed E-state index contributed by atoms with van der Waals surface area (Å²) in [5.74, 6) is -0.166. The summed E-state index contributed by atoms with van der Waals surface area (Å²) >= 11 is 0. The van der Waals surface area contributed by atoms with Gasteiger partial charge in [0, 0.05) is 5.69 Å². The van der Waals surface area contributed by atoms with Gasteiger partial charge in [0.05, 0.1) is 21.5 Å². The van der Waals surface area contributed by atoms with Gasteiger partial charge in [-0.25, -0.2) is 18.4 Å². The molecule has 4 rings (SSSR count). The van der Waals surface area contributed by atoms with Crippen molar-refractivity contribution in [3.63, 3.8) is 0 Å². The number of rotatable bonds is 5. The number of benzene rings is 3. The minimum atomic E-state index is -4.53. The molecule has 1 aromatic heterocycles. The summed E-state index contributed by atoms with van der Waals surface area (Å²) in [6.45, 7) is 0. The molecule has 0 aliphatic heterocycles. The Morgan fingerprint density at radius 2 is 1.44 bits per heavy atom. The number of halogens is 3. The molecule has 4 aromatic rings. The lowest BCUT2D eigenvalue weighted by atomic mass is 9.97. The second kappa shape index (κ2) is 8.15. The Morgan fingerprint density at radius 1 is 0.812 bits per heavy atom. The molecule has 6 nitrogen and oxygen atoms in total. The van der Waals surface area contributed by atoms with Gasteiger partial charge in [0.25, 0.3) is 10.0 Å². The smallest absolute Gasteiger partial charge is 0.337 e. The van der Waals surface area contributed by atoms with E-state index in [1.807, 2.05) is 7.85 Å². The third-order valence-electron chi connectivity index (χ3n) is 4.59. The van der Waals surface area contributed by atoms with E-state index in [0.29, 0.717) is 11.0 Å². The van der Waals surface area contributed by atoms with Gasteiger partial charge in [0.1, 0.15) is 7.85 Å². The third-order valence-corrected chi connectivity index (χ3v) is 5.94. The minimum absolute atomic E-state index is 0.0167. The first-order valence-corrected chi connectivity index (χ1v) is 10.9. The standard InChI is InChI=1S/C21H16BF3N4O2S/c22-14-8-10-16(11-9-14)32(30,31)29-20-19(27-17-6-1-2-7-18(17)28-20)26-15-5-3-4-13(12-15)21(23,24)25/h1-12H,22H2,(H,26,27)(H,28,29). The molecule has 32 heavy (non-hydrogen) atoms. The van der Waals surface area contributed by atoms with Crippen LogP contribution >= 0.6 is 0 Å². The Labute approximate surface area is 183 Å². The normalized spacial score (nSPS) is 12.0. The molecule has 0 atom stereocenters. The van der Waals surface area contributed by atoms with Crippen molar-refractivity contribution in [3.05, 3.63) is 78.4 Å². The van der Waals surface area contributed by atoms with Crippen LogP contribution in [0.2, 0.25) is 0 Å². The maximum absolute atomic E-state index is 13.1. The average Bonchev–Trinajstić information content (AvgIpc) is 2.74. The predicted octanol–water partition coefficient (Wildman–Crippen LogP) is 3.45. The second-order valence-electron chi connectivity index (χ2n) is 7.03. The largest absolute Gasteiger partial charge is 0.416 e. The summed E-state index contributed by atoms with van der Waals surface area (Å²) in [6.07, 6.45) is -4.53. The Morgan fingerprint density at radius 3 is 2.06 bits per heavy atom. The van der Waals surface area contributed by atoms with Gasteiger partial charge in [-0.1, -0.05) is 35.8 Å². The Kier molecular flexibility index (Phi) is 5.51. The molecule has 0 amide bonds. The van der Waals surface area contributed by atoms with Gasteiger partial charge in [0.2, 0.25) is 0 Å². The maximum Gasteiger partial charge on any atom is 0.416 e. The van der Waals surface area contributed by atoms with Crippen molar-refractivity contribution < 1.29 is 21.6 Å². The molecule has 3 aromatic carbocycles. The number of para-hydroxylation sites is 2. The molecule has 0 radical (unpaired) electrons. The zero-order chi connectivity index (χ0) is 22.9. The number of nitrogens with zero attached hydrogens (tertiary/aromatic N) is 2. The maximum atomic E-state index is 13.1. The Bertz CT molecular complexity index is 1390. The van der Waals surface area contributed by atoms with Gasteiger partial charge >= 0.3 is 6.18 Å². The van der Waals surface area contributed by atoms with Crippen molar-refractivity contribution in [2.75, 3.05) is 10.0 Å². The first kappa shape index (κ1) is 21.6. The highest BCUT2D eigenvalue weighted by Crippen LogP contribution is 2.32. The highest BCUT2D eigenvalue weighted by atomic mass is 32.2. The molecule has 1 heterocycles. The summed E-state index contributed by atoms with van der Waals surface area (Å²) in [4.78, 5) is 8.72. The zero-order valence-corrected chi connectivity index (χ0v) is 17.5. The summed E-state index contributed by atoms with van der Waals surface area (Å²) in [5, 5.41) is 2.76. The number of hydrogen-bond donors (Lipinski definition) is 2. The van der Waals surface area contributed by atoms with Crippen molar-refractivity contribution in [1.82, 2.24) is 9.97 Å². The number of sulfonamides is 1. The van der Waals surface area contributed by atoms with Gasteiger partial charge in [-0.15, -0.1) is 0 Å². The zero-order valence-electron chi connectivity index (χ0n) is 16.7. The Hall–Kier alpha value is -3.60. The lowest BCUT2D eigenvalue weighted by Gasteiger charge is -2.15. The molecule has 0 spiro atoms. The molecule has 0 saturated heterocycles. The second-order valence-corrected chi connectivity index (χ2v) is 8.71. The summed E-state index contributed by atoms with van der Waals surface area (Å²) < 4.78 is 67.4. The Balaban J connectivity index is 1.77. The lowest BCUT2D eigenvalue weighted by molar-refractivity contribution is -0.137. The van der Waals surface area contributed by atoms with Gasteiger partial charge in [-0.3, -0.25) is 4.72 Å². The SMILES string of the molecule is Bc1ccc(S(=O)(=O)Nc2nc3ccccc3nc2Nc2cccc(C(F)(F)F)c2)cc1. The number of hydrogen-bond acceptors (Lipinski definition) is 5. The van der Waals surface area contributed by atoms with Crippen molar-refractivity contribution in [1.29, 1.82) is 0 Å². The van der Waals surface area contributed by atoms with E-state index >= 15 is 0 Å². The molecule has 2 N–H and O–H groups in total. The van der Waals surface area contributed by atoms with Crippen LogP contribution in [-0.4, -0.2) is 26.2 Å². The molecule has 0 unspecified atom stereocenters. The van der Waals surface area contributed by atoms with E-state index in [4.69, 9.17) is 0 Å². The van der Waals surface area contributed by atoms with E-state index < -0.39 is 21.8 Å². The molecule has 0 aliphatic carbocycles. The first-order valence-electron chi connectivity index (χ1n) is 9.42. The van der Waals surface area contributed by atoms with E-state index in [-0.39, 0.29) is 22.2 Å². The van der Waals surface area contributed by atoms with Gasteiger partial charge in [-0.2, -0.15) is 13.2 Å². The van der Waals surface area contributed by atoms with Crippen LogP contribution in [0.25, 0.3) is 11.0 Å². The van der Waals surface area contributed by atoms with Gasteiger partial charge < -0.3 is 5.32 Å². The van der Waals surface area contributed by atoms with E-state index in [1.165, 1.54) is 24.3 Å². The van der Waals surface area contributed by atoms with E-state index in [9.17, 15) is 21.6 Å². The number of fused-ring (bicyclic) bond motifs is 1. The van der Waals surface area contributed by atoms with Crippen molar-refractivity contribution in [2.24, 2.45) is 0 Å². The van der Waals surface area contributed by atoms with Crippen molar-refractivity contribution >= 4 is 51.7 Å². The third kappa shape index (κ3) is 4.67. The quantitative estimate of drug-likeness (QED) is 0.450. The fourth-order valence-corrected chi connectivity index (χ4v) is 3.98. The summed E-state index contributed by atoms with van der Waals surface area (Å²) in [7, 11) is -2.19. The van der Waals surface area contributed by atoms with Crippen LogP contribution in [0, 0.1) is 0 Å². The first-order chi connectivity index (χ1) is 15.1. The van der Waals surface area contributed by atoms with Crippen molar-refractivity contribution in [3.8, 4) is 0 Å². The van der Waals surface area contributed by atoms with Crippen LogP contribution in [0.3, 0.4) is 0 Å². The average molecular weight is 456 g/mol. The highest BCUT2D eigenvalue weighted by Gasteiger charge is 2.30. The molecule has 11 heteroatoms. The number of nitrogens with one attached hydrogen (secondary N) is 2. The topological polar surface area (TPSA) is 84.0 Å². The fraction of sp³-hybridized carbons (Fsp3) is 0.0476. The van der Waals surface area contributed by atoms with Crippen LogP contribution in [0.5, 0.6) is 0 Å². The van der Waals surface area contributed by atoms with Crippen LogP contribution in [0.1, 0.15) is 5.56 Å². The summed E-state index contributed by atoms with van der Waals surface area (Å²) in [5.41, 5.74) is 0.989. The molecular formula is C21H16BF3N4O2S. The molecule has 0 aliphatic rings. The predicted molar refractivity (Wildman–Crippen MR) is 120 cm³/mol.